The third-order valence-electron chi connectivity index (χ3n) is 4.01. The predicted octanol–water partition coefficient (Wildman–Crippen LogP) is 4.77. The van der Waals surface area contributed by atoms with E-state index in [-0.39, 0.29) is 5.78 Å². The maximum atomic E-state index is 12.4. The van der Waals surface area contributed by atoms with Gasteiger partial charge in [0.05, 0.1) is 5.70 Å². The fourth-order valence-corrected chi connectivity index (χ4v) is 2.66. The number of hydrogen-bond donors (Lipinski definition) is 0. The third kappa shape index (κ3) is 5.10. The van der Waals surface area contributed by atoms with Crippen molar-refractivity contribution < 1.29 is 4.79 Å². The summed E-state index contributed by atoms with van der Waals surface area (Å²) >= 11 is 0. The molecule has 0 spiro atoms. The van der Waals surface area contributed by atoms with E-state index in [1.165, 1.54) is 6.42 Å². The van der Waals surface area contributed by atoms with Crippen molar-refractivity contribution in [2.75, 3.05) is 13.1 Å². The largest absolute Gasteiger partial charge is 0.369 e. The van der Waals surface area contributed by atoms with Gasteiger partial charge in [0.15, 0.2) is 0 Å². The molecule has 0 atom stereocenters. The molecule has 0 saturated carbocycles. The Balaban J connectivity index is 2.10. The fourth-order valence-electron chi connectivity index (χ4n) is 2.66. The van der Waals surface area contributed by atoms with Crippen molar-refractivity contribution in [3.05, 3.63) is 78.6 Å². The summed E-state index contributed by atoms with van der Waals surface area (Å²) in [6.07, 6.45) is 13.0. The van der Waals surface area contributed by atoms with E-state index in [4.69, 9.17) is 0 Å². The standard InChI is InChI=1S/C21H25NO/c1-3-4-11-20(19-12-7-5-8-13-19)14-15-21(23)18(2)22-16-9-6-10-17-22/h3-5,7-8,11-15H,2,6,9-10,16-17H2,1H3/b4-3-,15-14+,20-11+. The number of carbonyl (C=O) groups excluding carboxylic acids is 1. The van der Waals surface area contributed by atoms with Crippen LogP contribution in [0.5, 0.6) is 0 Å². The van der Waals surface area contributed by atoms with Gasteiger partial charge in [0.2, 0.25) is 5.78 Å². The number of benzene rings is 1. The van der Waals surface area contributed by atoms with Crippen LogP contribution in [-0.2, 0) is 4.79 Å². The summed E-state index contributed by atoms with van der Waals surface area (Å²) in [4.78, 5) is 14.5. The maximum absolute atomic E-state index is 12.4. The smallest absolute Gasteiger partial charge is 0.201 e. The Morgan fingerprint density at radius 3 is 2.43 bits per heavy atom. The van der Waals surface area contributed by atoms with E-state index in [1.54, 1.807) is 6.08 Å². The molecule has 1 fully saturated rings. The lowest BCUT2D eigenvalue weighted by molar-refractivity contribution is -0.112. The van der Waals surface area contributed by atoms with Crippen LogP contribution in [0.3, 0.4) is 0 Å². The third-order valence-corrected chi connectivity index (χ3v) is 4.01. The predicted molar refractivity (Wildman–Crippen MR) is 97.9 cm³/mol. The first kappa shape index (κ1) is 17.0. The van der Waals surface area contributed by atoms with Gasteiger partial charge in [-0.3, -0.25) is 4.79 Å². The average molecular weight is 307 g/mol. The Kier molecular flexibility index (Phi) is 6.61. The highest BCUT2D eigenvalue weighted by Gasteiger charge is 2.15. The number of ketones is 1. The number of hydrogen-bond acceptors (Lipinski definition) is 2. The summed E-state index contributed by atoms with van der Waals surface area (Å²) in [5.74, 6) is -0.00536. The van der Waals surface area contributed by atoms with Gasteiger partial charge >= 0.3 is 0 Å². The van der Waals surface area contributed by atoms with Crippen LogP contribution >= 0.6 is 0 Å². The summed E-state index contributed by atoms with van der Waals surface area (Å²) in [6.45, 7) is 7.85. The van der Waals surface area contributed by atoms with E-state index in [1.807, 2.05) is 61.6 Å². The lowest BCUT2D eigenvalue weighted by Gasteiger charge is -2.29. The van der Waals surface area contributed by atoms with Gasteiger partial charge in [-0.25, -0.2) is 0 Å². The van der Waals surface area contributed by atoms with Gasteiger partial charge in [-0.05, 0) is 43.4 Å². The lowest BCUT2D eigenvalue weighted by Crippen LogP contribution is -2.31. The number of piperidine rings is 1. The highest BCUT2D eigenvalue weighted by atomic mass is 16.1. The molecule has 2 heteroatoms. The molecule has 0 unspecified atom stereocenters. The van der Waals surface area contributed by atoms with E-state index in [0.29, 0.717) is 5.70 Å². The highest BCUT2D eigenvalue weighted by Crippen LogP contribution is 2.18. The van der Waals surface area contributed by atoms with Gasteiger partial charge in [-0.2, -0.15) is 0 Å². The molecule has 120 valence electrons. The van der Waals surface area contributed by atoms with Crippen LogP contribution < -0.4 is 0 Å². The Morgan fingerprint density at radius 1 is 1.09 bits per heavy atom. The van der Waals surface area contributed by atoms with Crippen molar-refractivity contribution in [1.82, 2.24) is 4.90 Å². The molecule has 23 heavy (non-hydrogen) atoms. The molecular weight excluding hydrogens is 282 g/mol. The van der Waals surface area contributed by atoms with Crippen LogP contribution in [0.4, 0.5) is 0 Å². The number of rotatable bonds is 6. The summed E-state index contributed by atoms with van der Waals surface area (Å²) in [6, 6.07) is 10.1. The molecule has 1 aliphatic heterocycles. The van der Waals surface area contributed by atoms with Gasteiger partial charge in [-0.1, -0.05) is 61.2 Å². The first-order valence-corrected chi connectivity index (χ1v) is 8.27. The minimum atomic E-state index is -0.00536. The SMILES string of the molecule is C=C(C(=O)/C=C/C(=C\C=C/C)c1ccccc1)N1CCCCC1. The van der Waals surface area contributed by atoms with E-state index in [0.717, 1.165) is 37.1 Å². The van der Waals surface area contributed by atoms with Crippen LogP contribution in [0.15, 0.2) is 73.0 Å². The monoisotopic (exact) mass is 307 g/mol. The lowest BCUT2D eigenvalue weighted by atomic mass is 10.0. The topological polar surface area (TPSA) is 20.3 Å². The molecule has 2 rings (SSSR count). The van der Waals surface area contributed by atoms with Crippen molar-refractivity contribution >= 4 is 11.4 Å². The first-order chi connectivity index (χ1) is 11.2. The van der Waals surface area contributed by atoms with E-state index in [9.17, 15) is 4.79 Å². The number of likely N-dealkylation sites (tertiary alicyclic amines) is 1. The van der Waals surface area contributed by atoms with Crippen LogP contribution in [0.1, 0.15) is 31.7 Å². The molecule has 1 aliphatic rings. The van der Waals surface area contributed by atoms with E-state index >= 15 is 0 Å². The fraction of sp³-hybridized carbons (Fsp3) is 0.286. The van der Waals surface area contributed by atoms with E-state index in [2.05, 4.69) is 11.5 Å². The molecule has 0 bridgehead atoms. The zero-order valence-electron chi connectivity index (χ0n) is 13.9. The van der Waals surface area contributed by atoms with Gasteiger partial charge < -0.3 is 4.90 Å². The molecular formula is C21H25NO. The van der Waals surface area contributed by atoms with Crippen LogP contribution in [0, 0.1) is 0 Å². The molecule has 0 aromatic heterocycles. The van der Waals surface area contributed by atoms with Gasteiger partial charge in [-0.15, -0.1) is 0 Å². The summed E-state index contributed by atoms with van der Waals surface area (Å²) in [7, 11) is 0. The van der Waals surface area contributed by atoms with Crippen molar-refractivity contribution in [2.24, 2.45) is 0 Å². The Morgan fingerprint density at radius 2 is 1.78 bits per heavy atom. The summed E-state index contributed by atoms with van der Waals surface area (Å²) in [5, 5.41) is 0. The van der Waals surface area contributed by atoms with Crippen LogP contribution in [0.25, 0.3) is 5.57 Å². The van der Waals surface area contributed by atoms with Gasteiger partial charge in [0.25, 0.3) is 0 Å². The summed E-state index contributed by atoms with van der Waals surface area (Å²) < 4.78 is 0. The molecule has 1 heterocycles. The number of carbonyl (C=O) groups is 1. The molecule has 0 N–H and O–H groups in total. The molecule has 1 saturated heterocycles. The van der Waals surface area contributed by atoms with E-state index < -0.39 is 0 Å². The molecule has 1 aromatic carbocycles. The van der Waals surface area contributed by atoms with Crippen molar-refractivity contribution in [1.29, 1.82) is 0 Å². The van der Waals surface area contributed by atoms with Crippen LogP contribution in [0.2, 0.25) is 0 Å². The second-order valence-corrected chi connectivity index (χ2v) is 5.71. The molecule has 2 nitrogen and oxygen atoms in total. The van der Waals surface area contributed by atoms with Gasteiger partial charge in [0, 0.05) is 13.1 Å². The first-order valence-electron chi connectivity index (χ1n) is 8.27. The molecule has 1 aromatic rings. The van der Waals surface area contributed by atoms with Gasteiger partial charge in [0.1, 0.15) is 0 Å². The molecule has 0 radical (unpaired) electrons. The zero-order valence-corrected chi connectivity index (χ0v) is 13.9. The second-order valence-electron chi connectivity index (χ2n) is 5.71. The normalized spacial score (nSPS) is 16.2. The average Bonchev–Trinajstić information content (AvgIpc) is 2.62. The minimum absolute atomic E-state index is 0.00536. The summed E-state index contributed by atoms with van der Waals surface area (Å²) in [5.41, 5.74) is 2.72. The number of allylic oxidation sites excluding steroid dienone is 6. The zero-order chi connectivity index (χ0) is 16.5. The highest BCUT2D eigenvalue weighted by molar-refractivity contribution is 6.04. The Bertz CT molecular complexity index is 617. The Labute approximate surface area is 139 Å². The Hall–Kier alpha value is -2.35. The van der Waals surface area contributed by atoms with Crippen molar-refractivity contribution in [3.63, 3.8) is 0 Å². The quantitative estimate of drug-likeness (QED) is 0.557. The molecule has 0 aliphatic carbocycles. The van der Waals surface area contributed by atoms with Crippen molar-refractivity contribution in [3.8, 4) is 0 Å². The molecule has 0 amide bonds. The number of nitrogens with zero attached hydrogens (tertiary/aromatic N) is 1. The van der Waals surface area contributed by atoms with Crippen molar-refractivity contribution in [2.45, 2.75) is 26.2 Å². The minimum Gasteiger partial charge on any atom is -0.369 e. The maximum Gasteiger partial charge on any atom is 0.201 e. The second kappa shape index (κ2) is 8.94. The van der Waals surface area contributed by atoms with Crippen LogP contribution in [-0.4, -0.2) is 23.8 Å².